The predicted molar refractivity (Wildman–Crippen MR) is 92.8 cm³/mol. The van der Waals surface area contributed by atoms with Crippen molar-refractivity contribution in [3.8, 4) is 0 Å². The van der Waals surface area contributed by atoms with Crippen molar-refractivity contribution in [2.45, 2.75) is 37.3 Å². The molecule has 0 aromatic heterocycles. The molecule has 0 saturated heterocycles. The van der Waals surface area contributed by atoms with Crippen molar-refractivity contribution in [3.63, 3.8) is 0 Å². The summed E-state index contributed by atoms with van der Waals surface area (Å²) >= 11 is 0. The largest absolute Gasteiger partial charge is 0.416 e. The summed E-state index contributed by atoms with van der Waals surface area (Å²) in [7, 11) is 3.34. The molecule has 2 rings (SSSR count). The Kier molecular flexibility index (Phi) is 6.70. The fourth-order valence-corrected chi connectivity index (χ4v) is 3.09. The van der Waals surface area contributed by atoms with E-state index in [0.717, 1.165) is 43.9 Å². The van der Waals surface area contributed by atoms with E-state index in [1.165, 1.54) is 12.1 Å². The molecule has 0 spiro atoms. The average Bonchev–Trinajstić information content (AvgIpc) is 2.55. The van der Waals surface area contributed by atoms with Crippen LogP contribution in [0.15, 0.2) is 29.3 Å². The zero-order chi connectivity index (χ0) is 18.3. The number of nitrogens with zero attached hydrogens (tertiary/aromatic N) is 1. The van der Waals surface area contributed by atoms with Crippen LogP contribution in [0, 0.1) is 0 Å². The molecule has 1 fully saturated rings. The fraction of sp³-hybridized carbons (Fsp3) is 0.611. The van der Waals surface area contributed by atoms with Gasteiger partial charge in [0.15, 0.2) is 5.96 Å². The minimum atomic E-state index is -4.31. The Hall–Kier alpha value is -1.76. The lowest BCUT2D eigenvalue weighted by Gasteiger charge is -2.43. The van der Waals surface area contributed by atoms with Crippen LogP contribution < -0.4 is 10.6 Å². The lowest BCUT2D eigenvalue weighted by atomic mass is 9.64. The second kappa shape index (κ2) is 8.56. The number of alkyl halides is 3. The maximum absolute atomic E-state index is 13.0. The number of nitrogens with one attached hydrogen (secondary N) is 2. The first-order valence-corrected chi connectivity index (χ1v) is 8.52. The number of hydrogen-bond acceptors (Lipinski definition) is 2. The monoisotopic (exact) mass is 357 g/mol. The Morgan fingerprint density at radius 2 is 2.04 bits per heavy atom. The van der Waals surface area contributed by atoms with Crippen molar-refractivity contribution in [2.75, 3.05) is 33.9 Å². The van der Waals surface area contributed by atoms with Gasteiger partial charge in [0.2, 0.25) is 0 Å². The summed E-state index contributed by atoms with van der Waals surface area (Å²) in [5.41, 5.74) is -0.0972. The summed E-state index contributed by atoms with van der Waals surface area (Å²) in [5.74, 6) is 0.661. The van der Waals surface area contributed by atoms with Crippen molar-refractivity contribution in [3.05, 3.63) is 35.4 Å². The number of rotatable bonds is 7. The fourth-order valence-electron chi connectivity index (χ4n) is 3.09. The molecule has 0 aliphatic heterocycles. The zero-order valence-electron chi connectivity index (χ0n) is 14.7. The van der Waals surface area contributed by atoms with Gasteiger partial charge in [-0.1, -0.05) is 24.6 Å². The van der Waals surface area contributed by atoms with Crippen LogP contribution in [0.1, 0.15) is 36.8 Å². The molecule has 0 atom stereocenters. The van der Waals surface area contributed by atoms with Crippen LogP contribution in [0.4, 0.5) is 13.2 Å². The standard InChI is InChI=1S/C18H26F3N3O/c1-22-16(23-10-5-11-25-2)24-13-17(8-4-9-17)14-6-3-7-15(12-14)18(19,20)21/h3,6-7,12H,4-5,8-11,13H2,1-2H3,(H2,22,23,24). The second-order valence-electron chi connectivity index (χ2n) is 6.41. The van der Waals surface area contributed by atoms with E-state index < -0.39 is 11.7 Å². The molecule has 0 amide bonds. The van der Waals surface area contributed by atoms with Crippen LogP contribution in [-0.2, 0) is 16.3 Å². The number of ether oxygens (including phenoxy) is 1. The lowest BCUT2D eigenvalue weighted by molar-refractivity contribution is -0.137. The molecule has 1 aromatic carbocycles. The predicted octanol–water partition coefficient (Wildman–Crippen LogP) is 3.33. The highest BCUT2D eigenvalue weighted by Gasteiger charge is 2.40. The Bertz CT molecular complexity index is 583. The van der Waals surface area contributed by atoms with Gasteiger partial charge in [0.05, 0.1) is 5.56 Å². The van der Waals surface area contributed by atoms with Gasteiger partial charge >= 0.3 is 6.18 Å². The maximum atomic E-state index is 13.0. The van der Waals surface area contributed by atoms with Crippen molar-refractivity contribution < 1.29 is 17.9 Å². The van der Waals surface area contributed by atoms with Gasteiger partial charge in [0.1, 0.15) is 0 Å². The first-order chi connectivity index (χ1) is 11.9. The van der Waals surface area contributed by atoms with Gasteiger partial charge in [-0.15, -0.1) is 0 Å². The van der Waals surface area contributed by atoms with Gasteiger partial charge in [0, 0.05) is 39.3 Å². The first-order valence-electron chi connectivity index (χ1n) is 8.52. The van der Waals surface area contributed by atoms with Gasteiger partial charge in [-0.3, -0.25) is 4.99 Å². The summed E-state index contributed by atoms with van der Waals surface area (Å²) < 4.78 is 44.0. The van der Waals surface area contributed by atoms with Crippen molar-refractivity contribution >= 4 is 5.96 Å². The summed E-state index contributed by atoms with van der Waals surface area (Å²) in [6.45, 7) is 1.96. The molecule has 1 saturated carbocycles. The number of aliphatic imine (C=N–C) groups is 1. The van der Waals surface area contributed by atoms with Crippen LogP contribution in [0.2, 0.25) is 0 Å². The average molecular weight is 357 g/mol. The zero-order valence-corrected chi connectivity index (χ0v) is 14.7. The summed E-state index contributed by atoms with van der Waals surface area (Å²) in [4.78, 5) is 4.17. The van der Waals surface area contributed by atoms with Crippen LogP contribution in [-0.4, -0.2) is 39.8 Å². The van der Waals surface area contributed by atoms with E-state index in [0.29, 0.717) is 19.1 Å². The van der Waals surface area contributed by atoms with E-state index in [1.54, 1.807) is 20.2 Å². The van der Waals surface area contributed by atoms with E-state index in [4.69, 9.17) is 4.74 Å². The van der Waals surface area contributed by atoms with Gasteiger partial charge in [-0.05, 0) is 30.9 Å². The third-order valence-corrected chi connectivity index (χ3v) is 4.75. The van der Waals surface area contributed by atoms with E-state index >= 15 is 0 Å². The van der Waals surface area contributed by atoms with Crippen molar-refractivity contribution in [1.29, 1.82) is 0 Å². The number of guanidine groups is 1. The quantitative estimate of drug-likeness (QED) is 0.447. The highest BCUT2D eigenvalue weighted by atomic mass is 19.4. The number of halogens is 3. The van der Waals surface area contributed by atoms with Gasteiger partial charge in [-0.2, -0.15) is 13.2 Å². The van der Waals surface area contributed by atoms with Gasteiger partial charge in [-0.25, -0.2) is 0 Å². The number of hydrogen-bond donors (Lipinski definition) is 2. The molecule has 0 unspecified atom stereocenters. The van der Waals surface area contributed by atoms with E-state index in [9.17, 15) is 13.2 Å². The molecule has 0 bridgehead atoms. The summed E-state index contributed by atoms with van der Waals surface area (Å²) in [5, 5.41) is 6.45. The molecular weight excluding hydrogens is 331 g/mol. The Morgan fingerprint density at radius 1 is 1.28 bits per heavy atom. The minimum absolute atomic E-state index is 0.259. The number of benzene rings is 1. The molecule has 0 radical (unpaired) electrons. The van der Waals surface area contributed by atoms with Crippen LogP contribution in [0.5, 0.6) is 0 Å². The van der Waals surface area contributed by atoms with Crippen LogP contribution in [0.25, 0.3) is 0 Å². The van der Waals surface area contributed by atoms with E-state index in [1.807, 2.05) is 0 Å². The molecule has 0 heterocycles. The Labute approximate surface area is 146 Å². The molecule has 2 N–H and O–H groups in total. The Morgan fingerprint density at radius 3 is 2.60 bits per heavy atom. The maximum Gasteiger partial charge on any atom is 0.416 e. The highest BCUT2D eigenvalue weighted by Crippen LogP contribution is 2.44. The van der Waals surface area contributed by atoms with Crippen molar-refractivity contribution in [1.82, 2.24) is 10.6 Å². The number of methoxy groups -OCH3 is 1. The molecule has 1 aliphatic carbocycles. The normalized spacial score (nSPS) is 17.1. The minimum Gasteiger partial charge on any atom is -0.385 e. The second-order valence-corrected chi connectivity index (χ2v) is 6.41. The van der Waals surface area contributed by atoms with Gasteiger partial charge < -0.3 is 15.4 Å². The molecule has 7 heteroatoms. The lowest BCUT2D eigenvalue weighted by Crippen LogP contribution is -2.49. The third-order valence-electron chi connectivity index (χ3n) is 4.75. The smallest absolute Gasteiger partial charge is 0.385 e. The van der Waals surface area contributed by atoms with E-state index in [-0.39, 0.29) is 5.41 Å². The Balaban J connectivity index is 2.01. The molecule has 1 aromatic rings. The molecule has 140 valence electrons. The molecule has 4 nitrogen and oxygen atoms in total. The summed E-state index contributed by atoms with van der Waals surface area (Å²) in [6.07, 6.45) is -0.676. The topological polar surface area (TPSA) is 45.7 Å². The van der Waals surface area contributed by atoms with Crippen molar-refractivity contribution in [2.24, 2.45) is 4.99 Å². The molecular formula is C18H26F3N3O. The van der Waals surface area contributed by atoms with Gasteiger partial charge in [0.25, 0.3) is 0 Å². The van der Waals surface area contributed by atoms with Crippen LogP contribution in [0.3, 0.4) is 0 Å². The molecule has 1 aliphatic rings. The summed E-state index contributed by atoms with van der Waals surface area (Å²) in [6, 6.07) is 5.70. The SMILES string of the molecule is CN=C(NCCCOC)NCC1(c2cccc(C(F)(F)F)c2)CCC1. The van der Waals surface area contributed by atoms with E-state index in [2.05, 4.69) is 15.6 Å². The van der Waals surface area contributed by atoms with Crippen LogP contribution >= 0.6 is 0 Å². The first kappa shape index (κ1) is 19.6. The highest BCUT2D eigenvalue weighted by molar-refractivity contribution is 5.79. The third kappa shape index (κ3) is 5.11. The molecule has 25 heavy (non-hydrogen) atoms.